The lowest BCUT2D eigenvalue weighted by atomic mass is 10.0. The second-order valence-electron chi connectivity index (χ2n) is 8.39. The molecule has 0 aliphatic heterocycles. The van der Waals surface area contributed by atoms with Crippen LogP contribution in [0.5, 0.6) is 0 Å². The molecular formula is C25H29N5O4S. The summed E-state index contributed by atoms with van der Waals surface area (Å²) < 4.78 is 34.9. The quantitative estimate of drug-likeness (QED) is 0.307. The van der Waals surface area contributed by atoms with Gasteiger partial charge in [0.2, 0.25) is 10.0 Å². The first-order valence-electron chi connectivity index (χ1n) is 11.5. The predicted octanol–water partition coefficient (Wildman–Crippen LogP) is 3.54. The van der Waals surface area contributed by atoms with E-state index in [0.717, 1.165) is 34.9 Å². The minimum absolute atomic E-state index is 0.0163. The largest absolute Gasteiger partial charge is 0.469 e. The van der Waals surface area contributed by atoms with Gasteiger partial charge >= 0.3 is 5.97 Å². The number of methoxy groups -OCH3 is 1. The van der Waals surface area contributed by atoms with Gasteiger partial charge in [0.05, 0.1) is 42.9 Å². The molecular weight excluding hydrogens is 466 g/mol. The Hall–Kier alpha value is -3.50. The summed E-state index contributed by atoms with van der Waals surface area (Å²) in [5, 5.41) is 9.23. The third kappa shape index (κ3) is 5.77. The van der Waals surface area contributed by atoms with E-state index in [2.05, 4.69) is 26.9 Å². The van der Waals surface area contributed by atoms with Gasteiger partial charge in [0.15, 0.2) is 0 Å². The lowest BCUT2D eigenvalue weighted by Crippen LogP contribution is -2.27. The van der Waals surface area contributed by atoms with E-state index in [-0.39, 0.29) is 23.8 Å². The van der Waals surface area contributed by atoms with Gasteiger partial charge in [0, 0.05) is 17.1 Å². The van der Waals surface area contributed by atoms with Crippen LogP contribution in [0.25, 0.3) is 10.9 Å². The fourth-order valence-electron chi connectivity index (χ4n) is 4.15. The van der Waals surface area contributed by atoms with Crippen molar-refractivity contribution in [1.29, 1.82) is 0 Å². The molecule has 4 aromatic rings. The number of carbonyl (C=O) groups is 1. The normalized spacial score (nSPS) is 12.6. The molecule has 0 saturated heterocycles. The number of hydrogen-bond acceptors (Lipinski definition) is 6. The fraction of sp³-hybridized carbons (Fsp3) is 0.320. The van der Waals surface area contributed by atoms with Crippen LogP contribution in [0, 0.1) is 0 Å². The van der Waals surface area contributed by atoms with Crippen LogP contribution in [0.4, 0.5) is 0 Å². The molecule has 35 heavy (non-hydrogen) atoms. The van der Waals surface area contributed by atoms with E-state index < -0.39 is 16.1 Å². The summed E-state index contributed by atoms with van der Waals surface area (Å²) in [5.74, 6) is -0.385. The molecule has 0 aliphatic rings. The molecule has 0 saturated carbocycles. The molecule has 0 bridgehead atoms. The molecule has 0 unspecified atom stereocenters. The van der Waals surface area contributed by atoms with Gasteiger partial charge in [-0.2, -0.15) is 0 Å². The standard InChI is InChI=1S/C25H29N5O4S/c1-3-6-18-9-11-22(12-10-18)35(32,33)28-17-21-16-27-29-30(21)20(14-25(31)34-2)13-19-15-26-24-8-5-4-7-23(19)24/h4-5,7-12,15-16,20,26,28H,3,6,13-14,17H2,1-2H3/t20-/m1/s1. The number of para-hydroxylation sites is 1. The first-order valence-corrected chi connectivity index (χ1v) is 13.0. The average molecular weight is 496 g/mol. The number of sulfonamides is 1. The molecule has 9 nitrogen and oxygen atoms in total. The third-order valence-electron chi connectivity index (χ3n) is 5.97. The first kappa shape index (κ1) is 24.6. The van der Waals surface area contributed by atoms with Crippen LogP contribution in [0.1, 0.15) is 42.6 Å². The van der Waals surface area contributed by atoms with Crippen LogP contribution >= 0.6 is 0 Å². The smallest absolute Gasteiger partial charge is 0.307 e. The highest BCUT2D eigenvalue weighted by atomic mass is 32.2. The van der Waals surface area contributed by atoms with E-state index in [1.807, 2.05) is 42.6 Å². The van der Waals surface area contributed by atoms with Crippen LogP contribution in [-0.4, -0.2) is 41.5 Å². The maximum atomic E-state index is 12.9. The highest BCUT2D eigenvalue weighted by Crippen LogP contribution is 2.25. The molecule has 2 heterocycles. The second-order valence-corrected chi connectivity index (χ2v) is 10.2. The first-order chi connectivity index (χ1) is 16.9. The summed E-state index contributed by atoms with van der Waals surface area (Å²) in [5.41, 5.74) is 3.65. The van der Waals surface area contributed by atoms with Gasteiger partial charge in [-0.3, -0.25) is 4.79 Å². The number of aromatic nitrogens is 4. The Bertz CT molecular complexity index is 1390. The maximum absolute atomic E-state index is 12.9. The van der Waals surface area contributed by atoms with E-state index in [1.165, 1.54) is 13.3 Å². The number of rotatable bonds is 11. The molecule has 2 aromatic heterocycles. The van der Waals surface area contributed by atoms with E-state index in [4.69, 9.17) is 4.74 Å². The minimum Gasteiger partial charge on any atom is -0.469 e. The van der Waals surface area contributed by atoms with E-state index >= 15 is 0 Å². The molecule has 0 amide bonds. The highest BCUT2D eigenvalue weighted by Gasteiger charge is 2.23. The molecule has 2 N–H and O–H groups in total. The zero-order valence-corrected chi connectivity index (χ0v) is 20.6. The Kier molecular flexibility index (Phi) is 7.62. The molecule has 0 fully saturated rings. The topological polar surface area (TPSA) is 119 Å². The number of nitrogens with zero attached hydrogens (tertiary/aromatic N) is 3. The van der Waals surface area contributed by atoms with Crippen molar-refractivity contribution in [3.63, 3.8) is 0 Å². The fourth-order valence-corrected chi connectivity index (χ4v) is 5.15. The predicted molar refractivity (Wildman–Crippen MR) is 132 cm³/mol. The Morgan fingerprint density at radius 3 is 2.69 bits per heavy atom. The minimum atomic E-state index is -3.73. The zero-order valence-electron chi connectivity index (χ0n) is 19.8. The van der Waals surface area contributed by atoms with Gasteiger partial charge in [-0.25, -0.2) is 17.8 Å². The Morgan fingerprint density at radius 2 is 1.94 bits per heavy atom. The summed E-state index contributed by atoms with van der Waals surface area (Å²) in [6, 6.07) is 14.4. The average Bonchev–Trinajstić information content (AvgIpc) is 3.50. The Morgan fingerprint density at radius 1 is 1.17 bits per heavy atom. The number of nitrogens with one attached hydrogen (secondary N) is 2. The van der Waals surface area contributed by atoms with Crippen molar-refractivity contribution in [2.45, 2.75) is 50.1 Å². The lowest BCUT2D eigenvalue weighted by Gasteiger charge is -2.18. The summed E-state index contributed by atoms with van der Waals surface area (Å²) in [6.07, 6.45) is 5.87. The van der Waals surface area contributed by atoms with Gasteiger partial charge in [-0.05, 0) is 42.2 Å². The van der Waals surface area contributed by atoms with Crippen molar-refractivity contribution in [2.75, 3.05) is 7.11 Å². The van der Waals surface area contributed by atoms with Crippen LogP contribution in [-0.2, 0) is 38.9 Å². The SMILES string of the molecule is CCCc1ccc(S(=O)(=O)NCc2cnnn2[C@@H](CC(=O)OC)Cc2c[nH]c3ccccc23)cc1. The van der Waals surface area contributed by atoms with Crippen molar-refractivity contribution in [1.82, 2.24) is 24.7 Å². The van der Waals surface area contributed by atoms with E-state index in [9.17, 15) is 13.2 Å². The number of fused-ring (bicyclic) bond motifs is 1. The molecule has 0 spiro atoms. The number of carbonyl (C=O) groups excluding carboxylic acids is 1. The van der Waals surface area contributed by atoms with Crippen LogP contribution in [0.3, 0.4) is 0 Å². The van der Waals surface area contributed by atoms with Gasteiger partial charge in [-0.15, -0.1) is 5.10 Å². The number of ether oxygens (including phenoxy) is 1. The number of H-pyrrole nitrogens is 1. The van der Waals surface area contributed by atoms with Crippen LogP contribution < -0.4 is 4.72 Å². The molecule has 4 rings (SSSR count). The number of aromatic amines is 1. The summed E-state index contributed by atoms with van der Waals surface area (Å²) in [4.78, 5) is 15.6. The Labute approximate surface area is 204 Å². The van der Waals surface area contributed by atoms with Crippen molar-refractivity contribution >= 4 is 26.9 Å². The monoisotopic (exact) mass is 495 g/mol. The lowest BCUT2D eigenvalue weighted by molar-refractivity contribution is -0.141. The summed E-state index contributed by atoms with van der Waals surface area (Å²) in [7, 11) is -2.39. The van der Waals surface area contributed by atoms with Crippen molar-refractivity contribution in [3.8, 4) is 0 Å². The van der Waals surface area contributed by atoms with E-state index in [0.29, 0.717) is 12.1 Å². The second kappa shape index (κ2) is 10.8. The highest BCUT2D eigenvalue weighted by molar-refractivity contribution is 7.89. The van der Waals surface area contributed by atoms with Crippen molar-refractivity contribution < 1.29 is 17.9 Å². The zero-order chi connectivity index (χ0) is 24.8. The number of benzene rings is 2. The summed E-state index contributed by atoms with van der Waals surface area (Å²) in [6.45, 7) is 2.06. The van der Waals surface area contributed by atoms with Crippen molar-refractivity contribution in [3.05, 3.63) is 77.7 Å². The number of aryl methyl sites for hydroxylation is 1. The Balaban J connectivity index is 1.54. The number of hydrogen-bond donors (Lipinski definition) is 2. The van der Waals surface area contributed by atoms with Gasteiger partial charge < -0.3 is 9.72 Å². The molecule has 0 radical (unpaired) electrons. The maximum Gasteiger partial charge on any atom is 0.307 e. The molecule has 2 aromatic carbocycles. The molecule has 184 valence electrons. The van der Waals surface area contributed by atoms with Gasteiger partial charge in [0.25, 0.3) is 0 Å². The van der Waals surface area contributed by atoms with Crippen LogP contribution in [0.2, 0.25) is 0 Å². The van der Waals surface area contributed by atoms with Gasteiger partial charge in [0.1, 0.15) is 0 Å². The molecule has 0 aliphatic carbocycles. The van der Waals surface area contributed by atoms with Gasteiger partial charge in [-0.1, -0.05) is 48.9 Å². The summed E-state index contributed by atoms with van der Waals surface area (Å²) >= 11 is 0. The molecule has 1 atom stereocenters. The number of esters is 1. The molecule has 10 heteroatoms. The van der Waals surface area contributed by atoms with Crippen molar-refractivity contribution in [2.24, 2.45) is 0 Å². The van der Waals surface area contributed by atoms with Crippen LogP contribution in [0.15, 0.2) is 65.8 Å². The third-order valence-corrected chi connectivity index (χ3v) is 7.39. The van der Waals surface area contributed by atoms with E-state index in [1.54, 1.807) is 16.8 Å².